The van der Waals surface area contributed by atoms with Gasteiger partial charge in [-0.3, -0.25) is 4.79 Å². The monoisotopic (exact) mass is 249 g/mol. The Bertz CT molecular complexity index is 512. The van der Waals surface area contributed by atoms with Crippen molar-refractivity contribution < 1.29 is 19.1 Å². The number of hydrogen-bond acceptors (Lipinski definition) is 6. The molecule has 7 nitrogen and oxygen atoms in total. The summed E-state index contributed by atoms with van der Waals surface area (Å²) in [4.78, 5) is 11.5. The van der Waals surface area contributed by atoms with Crippen LogP contribution in [0.2, 0.25) is 0 Å². The molecule has 1 aromatic carbocycles. The summed E-state index contributed by atoms with van der Waals surface area (Å²) >= 11 is 0. The van der Waals surface area contributed by atoms with Gasteiger partial charge in [-0.1, -0.05) is 18.2 Å². The summed E-state index contributed by atoms with van der Waals surface area (Å²) < 4.78 is 10.1. The molecule has 2 N–H and O–H groups in total. The van der Waals surface area contributed by atoms with Crippen LogP contribution in [0.15, 0.2) is 34.7 Å². The standard InChI is InChI=1S/C11H11N3O4/c15-6-9-13-14-11(18-9)10(16)12-7-17-8-4-2-1-3-5-8/h1-5,15H,6-7H2,(H,12,16). The third kappa shape index (κ3) is 3.05. The molecule has 18 heavy (non-hydrogen) atoms. The van der Waals surface area contributed by atoms with Crippen molar-refractivity contribution in [3.63, 3.8) is 0 Å². The lowest BCUT2D eigenvalue weighted by atomic mass is 10.3. The van der Waals surface area contributed by atoms with Crippen LogP contribution in [-0.2, 0) is 6.61 Å². The van der Waals surface area contributed by atoms with E-state index in [1.165, 1.54) is 0 Å². The summed E-state index contributed by atoms with van der Waals surface area (Å²) in [6.45, 7) is -0.416. The van der Waals surface area contributed by atoms with Gasteiger partial charge in [0.2, 0.25) is 5.89 Å². The molecule has 0 fully saturated rings. The SMILES string of the molecule is O=C(NCOc1ccccc1)c1nnc(CO)o1. The highest BCUT2D eigenvalue weighted by atomic mass is 16.5. The summed E-state index contributed by atoms with van der Waals surface area (Å²) in [6, 6.07) is 9.04. The number of carbonyl (C=O) groups excluding carboxylic acids is 1. The second-order valence-corrected chi connectivity index (χ2v) is 3.27. The smallest absolute Gasteiger partial charge is 0.311 e. The number of para-hydroxylation sites is 1. The minimum absolute atomic E-state index is 0.0101. The van der Waals surface area contributed by atoms with Gasteiger partial charge in [0.15, 0.2) is 6.73 Å². The number of amides is 1. The van der Waals surface area contributed by atoms with Crippen molar-refractivity contribution in [3.8, 4) is 5.75 Å². The van der Waals surface area contributed by atoms with Gasteiger partial charge < -0.3 is 19.6 Å². The second kappa shape index (κ2) is 5.78. The van der Waals surface area contributed by atoms with Crippen molar-refractivity contribution in [3.05, 3.63) is 42.1 Å². The van der Waals surface area contributed by atoms with Crippen molar-refractivity contribution in [1.29, 1.82) is 0 Å². The van der Waals surface area contributed by atoms with Gasteiger partial charge in [0, 0.05) is 0 Å². The molecule has 0 unspecified atom stereocenters. The lowest BCUT2D eigenvalue weighted by Gasteiger charge is -2.05. The molecule has 2 aromatic rings. The number of hydrogen-bond donors (Lipinski definition) is 2. The van der Waals surface area contributed by atoms with Gasteiger partial charge in [0.25, 0.3) is 0 Å². The lowest BCUT2D eigenvalue weighted by Crippen LogP contribution is -2.28. The summed E-state index contributed by atoms with van der Waals surface area (Å²) in [5, 5.41) is 18.1. The zero-order chi connectivity index (χ0) is 12.8. The number of aromatic nitrogens is 2. The molecule has 94 valence electrons. The Morgan fingerprint density at radius 2 is 2.11 bits per heavy atom. The molecule has 1 amide bonds. The fourth-order valence-corrected chi connectivity index (χ4v) is 1.19. The summed E-state index contributed by atoms with van der Waals surface area (Å²) in [6.07, 6.45) is 0. The number of nitrogens with zero attached hydrogens (tertiary/aromatic N) is 2. The molecule has 1 heterocycles. The van der Waals surface area contributed by atoms with Crippen LogP contribution in [0.3, 0.4) is 0 Å². The fourth-order valence-electron chi connectivity index (χ4n) is 1.19. The van der Waals surface area contributed by atoms with E-state index in [1.54, 1.807) is 12.1 Å². The first-order chi connectivity index (χ1) is 8.79. The van der Waals surface area contributed by atoms with Crippen LogP contribution >= 0.6 is 0 Å². The Hall–Kier alpha value is -2.41. The second-order valence-electron chi connectivity index (χ2n) is 3.27. The Balaban J connectivity index is 1.81. The van der Waals surface area contributed by atoms with E-state index in [2.05, 4.69) is 15.5 Å². The van der Waals surface area contributed by atoms with E-state index in [0.29, 0.717) is 5.75 Å². The molecule has 0 saturated carbocycles. The third-order valence-corrected chi connectivity index (χ3v) is 2.01. The number of aliphatic hydroxyl groups excluding tert-OH is 1. The molecular formula is C11H11N3O4. The summed E-state index contributed by atoms with van der Waals surface area (Å²) in [5.74, 6) is -0.141. The van der Waals surface area contributed by atoms with Gasteiger partial charge in [-0.15, -0.1) is 10.2 Å². The number of ether oxygens (including phenoxy) is 1. The van der Waals surface area contributed by atoms with E-state index in [1.807, 2.05) is 18.2 Å². The predicted molar refractivity (Wildman–Crippen MR) is 59.6 cm³/mol. The van der Waals surface area contributed by atoms with Crippen molar-refractivity contribution in [2.75, 3.05) is 6.73 Å². The minimum atomic E-state index is -0.557. The maximum atomic E-state index is 11.5. The highest BCUT2D eigenvalue weighted by Crippen LogP contribution is 2.07. The Labute approximate surface area is 102 Å². The predicted octanol–water partition coefficient (Wildman–Crippen LogP) is 0.328. The van der Waals surface area contributed by atoms with E-state index in [0.717, 1.165) is 0 Å². The van der Waals surface area contributed by atoms with Crippen LogP contribution in [-0.4, -0.2) is 27.9 Å². The van der Waals surface area contributed by atoms with Gasteiger partial charge in [-0.05, 0) is 12.1 Å². The Morgan fingerprint density at radius 3 is 2.78 bits per heavy atom. The number of carbonyl (C=O) groups is 1. The zero-order valence-corrected chi connectivity index (χ0v) is 9.37. The highest BCUT2D eigenvalue weighted by molar-refractivity contribution is 5.89. The third-order valence-electron chi connectivity index (χ3n) is 2.01. The molecule has 0 spiro atoms. The highest BCUT2D eigenvalue weighted by Gasteiger charge is 2.13. The molecular weight excluding hydrogens is 238 g/mol. The van der Waals surface area contributed by atoms with Crippen molar-refractivity contribution >= 4 is 5.91 Å². The normalized spacial score (nSPS) is 10.1. The lowest BCUT2D eigenvalue weighted by molar-refractivity contribution is 0.0879. The maximum absolute atomic E-state index is 11.5. The van der Waals surface area contributed by atoms with Crippen molar-refractivity contribution in [1.82, 2.24) is 15.5 Å². The first-order valence-electron chi connectivity index (χ1n) is 5.19. The Kier molecular flexibility index (Phi) is 3.87. The van der Waals surface area contributed by atoms with Crippen LogP contribution in [0.5, 0.6) is 5.75 Å². The Morgan fingerprint density at radius 1 is 1.33 bits per heavy atom. The summed E-state index contributed by atoms with van der Waals surface area (Å²) in [5.41, 5.74) is 0. The molecule has 0 aliphatic carbocycles. The fraction of sp³-hybridized carbons (Fsp3) is 0.182. The van der Waals surface area contributed by atoms with Crippen LogP contribution in [0.1, 0.15) is 16.6 Å². The van der Waals surface area contributed by atoms with Gasteiger partial charge in [0.1, 0.15) is 12.4 Å². The van der Waals surface area contributed by atoms with Crippen LogP contribution in [0.4, 0.5) is 0 Å². The molecule has 0 saturated heterocycles. The van der Waals surface area contributed by atoms with Crippen LogP contribution in [0, 0.1) is 0 Å². The summed E-state index contributed by atoms with van der Waals surface area (Å²) in [7, 11) is 0. The molecule has 0 bridgehead atoms. The average molecular weight is 249 g/mol. The van der Waals surface area contributed by atoms with E-state index < -0.39 is 12.5 Å². The van der Waals surface area contributed by atoms with Gasteiger partial charge in [0.05, 0.1) is 0 Å². The molecule has 0 atom stereocenters. The molecule has 2 rings (SSSR count). The first-order valence-corrected chi connectivity index (χ1v) is 5.19. The maximum Gasteiger partial charge on any atom is 0.311 e. The zero-order valence-electron chi connectivity index (χ0n) is 9.37. The molecule has 0 radical (unpaired) electrons. The van der Waals surface area contributed by atoms with Gasteiger partial charge in [-0.25, -0.2) is 0 Å². The number of aliphatic hydroxyl groups is 1. The van der Waals surface area contributed by atoms with E-state index in [-0.39, 0.29) is 18.5 Å². The minimum Gasteiger partial charge on any atom is -0.473 e. The molecule has 1 aromatic heterocycles. The van der Waals surface area contributed by atoms with Crippen LogP contribution < -0.4 is 10.1 Å². The van der Waals surface area contributed by atoms with E-state index in [9.17, 15) is 4.79 Å². The van der Waals surface area contributed by atoms with Crippen molar-refractivity contribution in [2.45, 2.75) is 6.61 Å². The number of rotatable bonds is 5. The largest absolute Gasteiger partial charge is 0.473 e. The number of benzene rings is 1. The van der Waals surface area contributed by atoms with Gasteiger partial charge >= 0.3 is 11.8 Å². The quantitative estimate of drug-likeness (QED) is 0.741. The van der Waals surface area contributed by atoms with Crippen molar-refractivity contribution in [2.24, 2.45) is 0 Å². The average Bonchev–Trinajstić information content (AvgIpc) is 2.89. The number of nitrogens with one attached hydrogen (secondary N) is 1. The molecule has 7 heteroatoms. The topological polar surface area (TPSA) is 97.5 Å². The van der Waals surface area contributed by atoms with E-state index in [4.69, 9.17) is 14.3 Å². The first kappa shape index (κ1) is 12.1. The van der Waals surface area contributed by atoms with E-state index >= 15 is 0 Å². The molecule has 0 aliphatic heterocycles. The molecule has 0 aliphatic rings. The van der Waals surface area contributed by atoms with Crippen LogP contribution in [0.25, 0.3) is 0 Å². The van der Waals surface area contributed by atoms with Gasteiger partial charge in [-0.2, -0.15) is 0 Å².